The van der Waals surface area contributed by atoms with Crippen molar-refractivity contribution in [2.75, 3.05) is 12.3 Å². The molecule has 6 heteroatoms. The normalized spacial score (nSPS) is 10.7. The van der Waals surface area contributed by atoms with E-state index in [1.807, 2.05) is 13.8 Å². The van der Waals surface area contributed by atoms with Crippen molar-refractivity contribution >= 4 is 28.9 Å². The number of anilines is 1. The summed E-state index contributed by atoms with van der Waals surface area (Å²) in [6.07, 6.45) is 0. The van der Waals surface area contributed by atoms with Crippen LogP contribution in [0.1, 0.15) is 13.8 Å². The standard InChI is InChI=1S/C15H16Cl2N2O2/c1-9(2)8-20-15-13(18)5-6-14(19-15)21-10-3-4-11(16)12(17)7-10/h3-7,9H,8,18H2,1-2H3. The Morgan fingerprint density at radius 3 is 2.57 bits per heavy atom. The zero-order chi connectivity index (χ0) is 15.4. The van der Waals surface area contributed by atoms with Gasteiger partial charge in [-0.05, 0) is 24.1 Å². The van der Waals surface area contributed by atoms with Crippen molar-refractivity contribution in [3.05, 3.63) is 40.4 Å². The molecule has 0 radical (unpaired) electrons. The molecule has 2 rings (SSSR count). The zero-order valence-electron chi connectivity index (χ0n) is 11.8. The van der Waals surface area contributed by atoms with Crippen LogP contribution >= 0.6 is 23.2 Å². The minimum atomic E-state index is 0.362. The van der Waals surface area contributed by atoms with Gasteiger partial charge in [-0.1, -0.05) is 37.0 Å². The van der Waals surface area contributed by atoms with Crippen LogP contribution in [0.25, 0.3) is 0 Å². The van der Waals surface area contributed by atoms with Crippen molar-refractivity contribution in [1.82, 2.24) is 4.98 Å². The Labute approximate surface area is 133 Å². The highest BCUT2D eigenvalue weighted by Gasteiger charge is 2.08. The first kappa shape index (κ1) is 15.7. The molecule has 2 aromatic rings. The van der Waals surface area contributed by atoms with E-state index in [-0.39, 0.29) is 0 Å². The lowest BCUT2D eigenvalue weighted by Crippen LogP contribution is -2.07. The quantitative estimate of drug-likeness (QED) is 0.857. The van der Waals surface area contributed by atoms with Gasteiger partial charge in [-0.15, -0.1) is 0 Å². The second-order valence-corrected chi connectivity index (χ2v) is 5.74. The highest BCUT2D eigenvalue weighted by molar-refractivity contribution is 6.42. The molecule has 2 N–H and O–H groups in total. The van der Waals surface area contributed by atoms with Gasteiger partial charge in [0.15, 0.2) is 0 Å². The van der Waals surface area contributed by atoms with Gasteiger partial charge in [-0.3, -0.25) is 0 Å². The Morgan fingerprint density at radius 1 is 1.14 bits per heavy atom. The number of hydrogen-bond acceptors (Lipinski definition) is 4. The van der Waals surface area contributed by atoms with E-state index >= 15 is 0 Å². The molecule has 21 heavy (non-hydrogen) atoms. The number of hydrogen-bond donors (Lipinski definition) is 1. The van der Waals surface area contributed by atoms with Gasteiger partial charge in [0.2, 0.25) is 11.8 Å². The van der Waals surface area contributed by atoms with E-state index in [1.54, 1.807) is 30.3 Å². The summed E-state index contributed by atoms with van der Waals surface area (Å²) in [5.41, 5.74) is 6.30. The fraction of sp³-hybridized carbons (Fsp3) is 0.267. The number of ether oxygens (including phenoxy) is 2. The Morgan fingerprint density at radius 2 is 1.90 bits per heavy atom. The highest BCUT2D eigenvalue weighted by Crippen LogP contribution is 2.30. The van der Waals surface area contributed by atoms with Gasteiger partial charge in [-0.25, -0.2) is 0 Å². The molecule has 1 aromatic heterocycles. The topological polar surface area (TPSA) is 57.4 Å². The first-order chi connectivity index (χ1) is 9.95. The van der Waals surface area contributed by atoms with Gasteiger partial charge in [0.05, 0.1) is 22.3 Å². The number of rotatable bonds is 5. The number of nitrogen functional groups attached to an aromatic ring is 1. The number of halogens is 2. The van der Waals surface area contributed by atoms with Crippen LogP contribution in [0.3, 0.4) is 0 Å². The Bertz CT molecular complexity index is 633. The molecule has 0 saturated heterocycles. The molecule has 0 amide bonds. The Hall–Kier alpha value is -1.65. The lowest BCUT2D eigenvalue weighted by molar-refractivity contribution is 0.260. The van der Waals surface area contributed by atoms with Gasteiger partial charge in [0, 0.05) is 12.1 Å². The van der Waals surface area contributed by atoms with Crippen LogP contribution in [0.2, 0.25) is 10.0 Å². The van der Waals surface area contributed by atoms with Crippen molar-refractivity contribution in [3.63, 3.8) is 0 Å². The van der Waals surface area contributed by atoms with Crippen molar-refractivity contribution in [1.29, 1.82) is 0 Å². The van der Waals surface area contributed by atoms with Gasteiger partial charge in [0.25, 0.3) is 0 Å². The molecular weight excluding hydrogens is 311 g/mol. The van der Waals surface area contributed by atoms with Crippen molar-refractivity contribution in [2.45, 2.75) is 13.8 Å². The van der Waals surface area contributed by atoms with Crippen LogP contribution in [-0.2, 0) is 0 Å². The lowest BCUT2D eigenvalue weighted by atomic mass is 10.2. The number of aromatic nitrogens is 1. The molecule has 112 valence electrons. The molecule has 0 atom stereocenters. The van der Waals surface area contributed by atoms with E-state index in [4.69, 9.17) is 38.4 Å². The van der Waals surface area contributed by atoms with Gasteiger partial charge >= 0.3 is 0 Å². The van der Waals surface area contributed by atoms with Gasteiger partial charge < -0.3 is 15.2 Å². The summed E-state index contributed by atoms with van der Waals surface area (Å²) in [5.74, 6) is 1.66. The zero-order valence-corrected chi connectivity index (χ0v) is 13.3. The van der Waals surface area contributed by atoms with Crippen LogP contribution < -0.4 is 15.2 Å². The molecule has 1 aromatic carbocycles. The predicted octanol–water partition coefficient (Wildman–Crippen LogP) is 4.80. The number of benzene rings is 1. The minimum absolute atomic E-state index is 0.362. The van der Waals surface area contributed by atoms with E-state index in [2.05, 4.69) is 4.98 Å². The third-order valence-corrected chi connectivity index (χ3v) is 3.27. The van der Waals surface area contributed by atoms with Crippen LogP contribution in [0, 0.1) is 5.92 Å². The molecule has 0 aliphatic rings. The molecular formula is C15H16Cl2N2O2. The summed E-state index contributed by atoms with van der Waals surface area (Å²) in [6.45, 7) is 4.63. The number of nitrogens with two attached hydrogens (primary N) is 1. The molecule has 1 heterocycles. The van der Waals surface area contributed by atoms with Crippen molar-refractivity contribution in [3.8, 4) is 17.5 Å². The van der Waals surface area contributed by atoms with Crippen LogP contribution in [0.4, 0.5) is 5.69 Å². The van der Waals surface area contributed by atoms with Crippen LogP contribution in [-0.4, -0.2) is 11.6 Å². The summed E-state index contributed by atoms with van der Waals surface area (Å²) in [4.78, 5) is 4.25. The molecule has 0 spiro atoms. The van der Waals surface area contributed by atoms with Crippen LogP contribution in [0.5, 0.6) is 17.5 Å². The average molecular weight is 327 g/mol. The van der Waals surface area contributed by atoms with E-state index in [1.165, 1.54) is 0 Å². The maximum Gasteiger partial charge on any atom is 0.240 e. The summed E-state index contributed by atoms with van der Waals surface area (Å²) in [7, 11) is 0. The summed E-state index contributed by atoms with van der Waals surface area (Å²) < 4.78 is 11.2. The maximum atomic E-state index is 5.94. The van der Waals surface area contributed by atoms with E-state index < -0.39 is 0 Å². The van der Waals surface area contributed by atoms with Crippen LogP contribution in [0.15, 0.2) is 30.3 Å². The second-order valence-electron chi connectivity index (χ2n) is 4.93. The highest BCUT2D eigenvalue weighted by atomic mass is 35.5. The SMILES string of the molecule is CC(C)COc1nc(Oc2ccc(Cl)c(Cl)c2)ccc1N. The maximum absolute atomic E-state index is 5.94. The van der Waals surface area contributed by atoms with E-state index in [0.717, 1.165) is 0 Å². The van der Waals surface area contributed by atoms with Gasteiger partial charge in [0.1, 0.15) is 5.75 Å². The second kappa shape index (κ2) is 6.87. The smallest absolute Gasteiger partial charge is 0.240 e. The molecule has 0 unspecified atom stereocenters. The first-order valence-electron chi connectivity index (χ1n) is 6.48. The molecule has 0 aliphatic heterocycles. The molecule has 0 aliphatic carbocycles. The number of nitrogens with zero attached hydrogens (tertiary/aromatic N) is 1. The third-order valence-electron chi connectivity index (χ3n) is 2.53. The molecule has 0 fully saturated rings. The van der Waals surface area contributed by atoms with E-state index in [0.29, 0.717) is 45.8 Å². The first-order valence-corrected chi connectivity index (χ1v) is 7.23. The third kappa shape index (κ3) is 4.41. The van der Waals surface area contributed by atoms with Crippen molar-refractivity contribution < 1.29 is 9.47 Å². The monoisotopic (exact) mass is 326 g/mol. The lowest BCUT2D eigenvalue weighted by Gasteiger charge is -2.12. The predicted molar refractivity (Wildman–Crippen MR) is 85.5 cm³/mol. The van der Waals surface area contributed by atoms with Crippen molar-refractivity contribution in [2.24, 2.45) is 5.92 Å². The fourth-order valence-electron chi connectivity index (χ4n) is 1.51. The fourth-order valence-corrected chi connectivity index (χ4v) is 1.80. The van der Waals surface area contributed by atoms with Gasteiger partial charge in [-0.2, -0.15) is 4.98 Å². The summed E-state index contributed by atoms with van der Waals surface area (Å²) in [5, 5.41) is 0.885. The molecule has 0 saturated carbocycles. The largest absolute Gasteiger partial charge is 0.476 e. The Kier molecular flexibility index (Phi) is 5.15. The molecule has 4 nitrogen and oxygen atoms in total. The molecule has 0 bridgehead atoms. The summed E-state index contributed by atoms with van der Waals surface area (Å²) in [6, 6.07) is 8.35. The minimum Gasteiger partial charge on any atom is -0.476 e. The number of pyridine rings is 1. The summed E-state index contributed by atoms with van der Waals surface area (Å²) >= 11 is 11.8. The Balaban J connectivity index is 2.16. The van der Waals surface area contributed by atoms with E-state index in [9.17, 15) is 0 Å². The average Bonchev–Trinajstić information content (AvgIpc) is 2.43.